The summed E-state index contributed by atoms with van der Waals surface area (Å²) in [6.07, 6.45) is -6.98. The number of nitrogens with zero attached hydrogens (tertiary/aromatic N) is 2. The van der Waals surface area contributed by atoms with E-state index in [1.807, 2.05) is 27.0 Å². The van der Waals surface area contributed by atoms with Gasteiger partial charge in [-0.3, -0.25) is 14.3 Å². The Hall–Kier alpha value is -1.86. The Balaban J connectivity index is 1.12. The average molecular weight is 554 g/mol. The molecular weight excluding hydrogens is 520 g/mol. The first-order valence-electron chi connectivity index (χ1n) is 13.1. The molecule has 6 rings (SSSR count). The van der Waals surface area contributed by atoms with Crippen LogP contribution in [-0.2, 0) is 24.5 Å². The normalized spacial score (nSPS) is 35.1. The average Bonchev–Trinajstić information content (AvgIpc) is 3.02. The van der Waals surface area contributed by atoms with Gasteiger partial charge in [0.25, 0.3) is 0 Å². The van der Waals surface area contributed by atoms with Crippen molar-refractivity contribution in [1.29, 1.82) is 0 Å². The Labute approximate surface area is 216 Å². The second kappa shape index (κ2) is 9.36. The SMILES string of the molecule is Cc1nc(C2CC(OC(F)(F)F)C2)cn1C12CC(NC(=O)C(CC(C)C)OC3CC(OC(F)(F)F)C3)(C1)C2. The van der Waals surface area contributed by atoms with Crippen LogP contribution in [0.15, 0.2) is 6.20 Å². The minimum atomic E-state index is -4.68. The molecule has 1 heterocycles. The molecule has 5 aliphatic carbocycles. The molecule has 1 aromatic heterocycles. The maximum absolute atomic E-state index is 13.1. The van der Waals surface area contributed by atoms with Crippen molar-refractivity contribution in [3.8, 4) is 0 Å². The Morgan fingerprint density at radius 1 is 1.03 bits per heavy atom. The summed E-state index contributed by atoms with van der Waals surface area (Å²) < 4.78 is 90.5. The van der Waals surface area contributed by atoms with Crippen LogP contribution >= 0.6 is 0 Å². The van der Waals surface area contributed by atoms with Crippen molar-refractivity contribution in [3.63, 3.8) is 0 Å². The highest BCUT2D eigenvalue weighted by Crippen LogP contribution is 2.65. The highest BCUT2D eigenvalue weighted by molar-refractivity contribution is 5.82. The van der Waals surface area contributed by atoms with Gasteiger partial charge in [-0.1, -0.05) is 13.8 Å². The van der Waals surface area contributed by atoms with E-state index in [1.165, 1.54) is 0 Å². The smallest absolute Gasteiger partial charge is 0.365 e. The van der Waals surface area contributed by atoms with Gasteiger partial charge < -0.3 is 14.6 Å². The van der Waals surface area contributed by atoms with Crippen LogP contribution in [0.25, 0.3) is 0 Å². The number of nitrogens with one attached hydrogen (secondary N) is 1. The largest absolute Gasteiger partial charge is 0.522 e. The van der Waals surface area contributed by atoms with Crippen LogP contribution in [0.3, 0.4) is 0 Å². The zero-order valence-corrected chi connectivity index (χ0v) is 21.5. The summed E-state index contributed by atoms with van der Waals surface area (Å²) in [4.78, 5) is 17.7. The van der Waals surface area contributed by atoms with Crippen LogP contribution in [0.2, 0.25) is 0 Å². The summed E-state index contributed by atoms with van der Waals surface area (Å²) in [5.41, 5.74) is 0.251. The first-order chi connectivity index (χ1) is 17.5. The van der Waals surface area contributed by atoms with Gasteiger partial charge in [0.2, 0.25) is 5.91 Å². The highest BCUT2D eigenvalue weighted by atomic mass is 19.4. The predicted octanol–water partition coefficient (Wildman–Crippen LogP) is 5.22. The third-order valence-corrected chi connectivity index (χ3v) is 8.30. The first-order valence-corrected chi connectivity index (χ1v) is 13.1. The summed E-state index contributed by atoms with van der Waals surface area (Å²) in [6.45, 7) is 5.78. The number of hydrogen-bond donors (Lipinski definition) is 1. The van der Waals surface area contributed by atoms with E-state index in [4.69, 9.17) is 4.74 Å². The van der Waals surface area contributed by atoms with Crippen LogP contribution in [0.1, 0.15) is 82.7 Å². The quantitative estimate of drug-likeness (QED) is 0.402. The van der Waals surface area contributed by atoms with Crippen molar-refractivity contribution in [2.75, 3.05) is 0 Å². The lowest BCUT2D eigenvalue weighted by atomic mass is 9.44. The van der Waals surface area contributed by atoms with E-state index in [2.05, 4.69) is 24.3 Å². The molecular formula is C25H33F6N3O4. The van der Waals surface area contributed by atoms with Crippen LogP contribution in [-0.4, -0.2) is 58.1 Å². The number of imidazole rings is 1. The van der Waals surface area contributed by atoms with Crippen LogP contribution in [0.4, 0.5) is 26.3 Å². The van der Waals surface area contributed by atoms with Gasteiger partial charge in [0.05, 0.1) is 29.5 Å². The molecule has 0 aromatic carbocycles. The zero-order valence-electron chi connectivity index (χ0n) is 21.5. The van der Waals surface area contributed by atoms with Gasteiger partial charge in [-0.15, -0.1) is 26.3 Å². The number of aromatic nitrogens is 2. The molecule has 7 nitrogen and oxygen atoms in total. The van der Waals surface area contributed by atoms with E-state index >= 15 is 0 Å². The molecule has 0 saturated heterocycles. The third-order valence-electron chi connectivity index (χ3n) is 8.30. The number of halogens is 6. The van der Waals surface area contributed by atoms with E-state index in [0.29, 0.717) is 25.7 Å². The lowest BCUT2D eigenvalue weighted by Crippen LogP contribution is -2.79. The third kappa shape index (κ3) is 5.70. The molecule has 1 amide bonds. The van der Waals surface area contributed by atoms with Gasteiger partial charge in [0.15, 0.2) is 0 Å². The van der Waals surface area contributed by atoms with E-state index in [0.717, 1.165) is 11.5 Å². The standard InChI is InChI=1S/C25H33F6N3O4/c1-13(2)4-20(36-16-7-18(8-16)38-25(29,30)31)21(35)33-22-10-23(11-22,12-22)34-9-19(32-14(34)3)15-5-17(6-15)37-24(26,27)28/h9,13,15-18,20H,4-8,10-12H2,1-3H3,(H,33,35). The van der Waals surface area contributed by atoms with Gasteiger partial charge in [-0.2, -0.15) is 0 Å². The van der Waals surface area contributed by atoms with E-state index in [9.17, 15) is 31.1 Å². The molecule has 38 heavy (non-hydrogen) atoms. The van der Waals surface area contributed by atoms with Crippen molar-refractivity contribution in [2.24, 2.45) is 5.92 Å². The molecule has 0 radical (unpaired) electrons. The number of carbonyl (C=O) groups is 1. The number of ether oxygens (including phenoxy) is 3. The van der Waals surface area contributed by atoms with Gasteiger partial charge in [-0.05, 0) is 51.4 Å². The molecule has 5 aliphatic rings. The highest BCUT2D eigenvalue weighted by Gasteiger charge is 2.70. The maximum atomic E-state index is 13.1. The van der Waals surface area contributed by atoms with Crippen LogP contribution in [0, 0.1) is 12.8 Å². The summed E-state index contributed by atoms with van der Waals surface area (Å²) in [6, 6.07) is 0. The fourth-order valence-corrected chi connectivity index (χ4v) is 6.53. The topological polar surface area (TPSA) is 74.6 Å². The Morgan fingerprint density at radius 2 is 1.58 bits per heavy atom. The van der Waals surface area contributed by atoms with Gasteiger partial charge in [0.1, 0.15) is 11.9 Å². The lowest BCUT2D eigenvalue weighted by molar-refractivity contribution is -0.358. The lowest BCUT2D eigenvalue weighted by Gasteiger charge is -2.71. The van der Waals surface area contributed by atoms with E-state index in [-0.39, 0.29) is 54.5 Å². The molecule has 1 aromatic rings. The number of carbonyl (C=O) groups excluding carboxylic acids is 1. The molecule has 1 atom stereocenters. The summed E-state index contributed by atoms with van der Waals surface area (Å²) in [5, 5.41) is 3.13. The second-order valence-corrected chi connectivity index (χ2v) is 12.0. The zero-order chi connectivity index (χ0) is 27.7. The predicted molar refractivity (Wildman–Crippen MR) is 121 cm³/mol. The number of rotatable bonds is 10. The second-order valence-electron chi connectivity index (χ2n) is 12.0. The Morgan fingerprint density at radius 3 is 2.11 bits per heavy atom. The molecule has 1 unspecified atom stereocenters. The van der Waals surface area contributed by atoms with Crippen molar-refractivity contribution in [1.82, 2.24) is 14.9 Å². The fourth-order valence-electron chi connectivity index (χ4n) is 6.53. The number of aryl methyl sites for hydroxylation is 1. The fraction of sp³-hybridized carbons (Fsp3) is 0.840. The molecule has 214 valence electrons. The number of alkyl halides is 6. The monoisotopic (exact) mass is 553 g/mol. The maximum Gasteiger partial charge on any atom is 0.522 e. The molecule has 13 heteroatoms. The molecule has 5 fully saturated rings. The molecule has 1 N–H and O–H groups in total. The van der Waals surface area contributed by atoms with Crippen molar-refractivity contribution >= 4 is 5.91 Å². The first kappa shape index (κ1) is 27.7. The van der Waals surface area contributed by atoms with Gasteiger partial charge >= 0.3 is 12.7 Å². The minimum absolute atomic E-state index is 0.0649. The number of hydrogen-bond acceptors (Lipinski definition) is 5. The molecule has 2 bridgehead atoms. The summed E-state index contributed by atoms with van der Waals surface area (Å²) in [5.74, 6) is 0.638. The Bertz CT molecular complexity index is 1020. The molecule has 5 saturated carbocycles. The van der Waals surface area contributed by atoms with Crippen molar-refractivity contribution < 1.29 is 45.3 Å². The van der Waals surface area contributed by atoms with E-state index in [1.54, 1.807) is 0 Å². The summed E-state index contributed by atoms with van der Waals surface area (Å²) >= 11 is 0. The van der Waals surface area contributed by atoms with E-state index < -0.39 is 37.1 Å². The Kier molecular flexibility index (Phi) is 6.82. The van der Waals surface area contributed by atoms with Gasteiger partial charge in [0, 0.05) is 30.5 Å². The van der Waals surface area contributed by atoms with Crippen LogP contribution < -0.4 is 5.32 Å². The minimum Gasteiger partial charge on any atom is -0.365 e. The summed E-state index contributed by atoms with van der Waals surface area (Å²) in [7, 11) is 0. The molecule has 0 spiro atoms. The van der Waals surface area contributed by atoms with Crippen molar-refractivity contribution in [3.05, 3.63) is 17.7 Å². The van der Waals surface area contributed by atoms with Crippen LogP contribution in [0.5, 0.6) is 0 Å². The van der Waals surface area contributed by atoms with Crippen molar-refractivity contribution in [2.45, 2.75) is 126 Å². The van der Waals surface area contributed by atoms with Gasteiger partial charge in [-0.25, -0.2) is 4.98 Å². The molecule has 0 aliphatic heterocycles. The number of amides is 1.